The Morgan fingerprint density at radius 3 is 2.46 bits per heavy atom. The Morgan fingerprint density at radius 1 is 0.943 bits per heavy atom. The molecule has 2 heterocycles. The number of fused-ring (bicyclic) bond motifs is 1. The molecule has 1 atom stereocenters. The Hall–Kier alpha value is -3.12. The highest BCUT2D eigenvalue weighted by Gasteiger charge is 2.26. The molecule has 1 aromatic heterocycles. The van der Waals surface area contributed by atoms with Crippen molar-refractivity contribution in [2.24, 2.45) is 0 Å². The van der Waals surface area contributed by atoms with E-state index in [2.05, 4.69) is 12.1 Å². The number of nitrogens with zero attached hydrogens (tertiary/aromatic N) is 2. The summed E-state index contributed by atoms with van der Waals surface area (Å²) in [5.41, 5.74) is 1.74. The summed E-state index contributed by atoms with van der Waals surface area (Å²) in [5, 5.41) is 2.01. The molecule has 2 aromatic carbocycles. The van der Waals surface area contributed by atoms with Crippen LogP contribution in [0.3, 0.4) is 0 Å². The van der Waals surface area contributed by atoms with Gasteiger partial charge in [0.25, 0.3) is 5.91 Å². The van der Waals surface area contributed by atoms with Gasteiger partial charge in [0.05, 0.1) is 18.0 Å². The zero-order valence-corrected chi connectivity index (χ0v) is 21.2. The Bertz CT molecular complexity index is 1080. The first-order valence-corrected chi connectivity index (χ1v) is 13.3. The van der Waals surface area contributed by atoms with Gasteiger partial charge in [-0.2, -0.15) is 0 Å². The van der Waals surface area contributed by atoms with E-state index in [1.54, 1.807) is 16.2 Å². The van der Waals surface area contributed by atoms with E-state index in [0.29, 0.717) is 43.9 Å². The van der Waals surface area contributed by atoms with E-state index in [1.165, 1.54) is 5.56 Å². The first kappa shape index (κ1) is 25.0. The van der Waals surface area contributed by atoms with E-state index in [-0.39, 0.29) is 17.9 Å². The summed E-state index contributed by atoms with van der Waals surface area (Å²) in [5.74, 6) is 0.682. The molecule has 2 amide bonds. The minimum Gasteiger partial charge on any atom is -0.491 e. The third-order valence-electron chi connectivity index (χ3n) is 6.52. The van der Waals surface area contributed by atoms with Crippen LogP contribution < -0.4 is 4.74 Å². The summed E-state index contributed by atoms with van der Waals surface area (Å²) < 4.78 is 6.31. The lowest BCUT2D eigenvalue weighted by Crippen LogP contribution is -2.46. The van der Waals surface area contributed by atoms with Gasteiger partial charge in [-0.25, -0.2) is 0 Å². The number of carbonyl (C=O) groups excluding carboxylic acids is 2. The number of ether oxygens (including phenoxy) is 1. The Labute approximate surface area is 212 Å². The maximum atomic E-state index is 13.6. The molecule has 0 N–H and O–H groups in total. The predicted molar refractivity (Wildman–Crippen MR) is 141 cm³/mol. The summed E-state index contributed by atoms with van der Waals surface area (Å²) in [6.07, 6.45) is 5.06. The molecule has 0 aliphatic carbocycles. The normalized spacial score (nSPS) is 17.9. The van der Waals surface area contributed by atoms with E-state index in [0.717, 1.165) is 30.6 Å². The Balaban J connectivity index is 1.63. The molecule has 0 unspecified atom stereocenters. The van der Waals surface area contributed by atoms with Gasteiger partial charge in [0, 0.05) is 25.0 Å². The molecule has 0 radical (unpaired) electrons. The lowest BCUT2D eigenvalue weighted by atomic mass is 10.0. The number of para-hydroxylation sites is 1. The SMILES string of the molecule is CN1CCCCCCN(C(=O)Cc2cccs2)[C@H](Cc2ccccc2)COc2ccccc2C1=O. The fourth-order valence-electron chi connectivity index (χ4n) is 4.57. The van der Waals surface area contributed by atoms with Crippen LogP contribution in [0.5, 0.6) is 5.75 Å². The van der Waals surface area contributed by atoms with Crippen LogP contribution >= 0.6 is 11.3 Å². The van der Waals surface area contributed by atoms with E-state index in [1.807, 2.05) is 71.9 Å². The quantitative estimate of drug-likeness (QED) is 0.488. The number of carbonyl (C=O) groups is 2. The molecule has 0 bridgehead atoms. The highest BCUT2D eigenvalue weighted by atomic mass is 32.1. The smallest absolute Gasteiger partial charge is 0.257 e. The van der Waals surface area contributed by atoms with Gasteiger partial charge in [-0.15, -0.1) is 11.3 Å². The Kier molecular flexibility index (Phi) is 8.96. The van der Waals surface area contributed by atoms with Gasteiger partial charge in [-0.1, -0.05) is 61.4 Å². The maximum absolute atomic E-state index is 13.6. The molecule has 0 spiro atoms. The number of benzene rings is 2. The molecule has 1 aliphatic heterocycles. The van der Waals surface area contributed by atoms with E-state index in [4.69, 9.17) is 4.74 Å². The molecular weight excluding hydrogens is 456 g/mol. The maximum Gasteiger partial charge on any atom is 0.257 e. The molecule has 6 heteroatoms. The van der Waals surface area contributed by atoms with Crippen molar-refractivity contribution in [3.8, 4) is 5.75 Å². The molecule has 0 saturated heterocycles. The molecular formula is C29H34N2O3S. The van der Waals surface area contributed by atoms with Crippen molar-refractivity contribution in [2.45, 2.75) is 44.6 Å². The van der Waals surface area contributed by atoms with Gasteiger partial charge in [-0.3, -0.25) is 9.59 Å². The minimum atomic E-state index is -0.131. The summed E-state index contributed by atoms with van der Waals surface area (Å²) in [7, 11) is 1.86. The zero-order valence-electron chi connectivity index (χ0n) is 20.4. The molecule has 5 nitrogen and oxygen atoms in total. The minimum absolute atomic E-state index is 0.0251. The molecule has 4 rings (SSSR count). The Morgan fingerprint density at radius 2 is 1.69 bits per heavy atom. The highest BCUT2D eigenvalue weighted by molar-refractivity contribution is 7.10. The van der Waals surface area contributed by atoms with Crippen LogP contribution in [-0.4, -0.2) is 54.4 Å². The fourth-order valence-corrected chi connectivity index (χ4v) is 5.26. The van der Waals surface area contributed by atoms with Gasteiger partial charge < -0.3 is 14.5 Å². The molecule has 0 fully saturated rings. The van der Waals surface area contributed by atoms with Gasteiger partial charge in [0.1, 0.15) is 12.4 Å². The standard InChI is InChI=1S/C29H34N2O3S/c1-30-17-9-2-3-10-18-31(28(32)21-25-14-11-19-35-25)24(20-23-12-5-4-6-13-23)22-34-27-16-8-7-15-26(27)29(30)33/h4-8,11-16,19,24H,2-3,9-10,17-18,20-22H2,1H3/t24-/m1/s1. The average molecular weight is 491 g/mol. The van der Waals surface area contributed by atoms with Crippen molar-refractivity contribution in [1.82, 2.24) is 9.80 Å². The summed E-state index contributed by atoms with van der Waals surface area (Å²) >= 11 is 1.62. The van der Waals surface area contributed by atoms with Gasteiger partial charge in [-0.05, 0) is 48.4 Å². The monoisotopic (exact) mass is 490 g/mol. The van der Waals surface area contributed by atoms with Crippen LogP contribution in [0.4, 0.5) is 0 Å². The van der Waals surface area contributed by atoms with Crippen molar-refractivity contribution < 1.29 is 14.3 Å². The van der Waals surface area contributed by atoms with Crippen LogP contribution in [0.1, 0.15) is 46.5 Å². The van der Waals surface area contributed by atoms with Gasteiger partial charge in [0.15, 0.2) is 0 Å². The van der Waals surface area contributed by atoms with E-state index < -0.39 is 0 Å². The third kappa shape index (κ3) is 6.95. The topological polar surface area (TPSA) is 49.9 Å². The van der Waals surface area contributed by atoms with Crippen LogP contribution in [-0.2, 0) is 17.6 Å². The highest BCUT2D eigenvalue weighted by Crippen LogP contribution is 2.23. The summed E-state index contributed by atoms with van der Waals surface area (Å²) in [4.78, 5) is 31.6. The number of thiophene rings is 1. The first-order chi connectivity index (χ1) is 17.1. The van der Waals surface area contributed by atoms with Gasteiger partial charge >= 0.3 is 0 Å². The second-order valence-corrected chi connectivity index (χ2v) is 10.2. The van der Waals surface area contributed by atoms with Crippen LogP contribution in [0.15, 0.2) is 72.1 Å². The third-order valence-corrected chi connectivity index (χ3v) is 7.40. The largest absolute Gasteiger partial charge is 0.491 e. The second-order valence-electron chi connectivity index (χ2n) is 9.13. The van der Waals surface area contributed by atoms with Crippen LogP contribution in [0, 0.1) is 0 Å². The van der Waals surface area contributed by atoms with E-state index in [9.17, 15) is 9.59 Å². The lowest BCUT2D eigenvalue weighted by Gasteiger charge is -2.33. The van der Waals surface area contributed by atoms with Crippen molar-refractivity contribution >= 4 is 23.2 Å². The molecule has 1 aliphatic rings. The van der Waals surface area contributed by atoms with Crippen molar-refractivity contribution in [2.75, 3.05) is 26.7 Å². The molecule has 0 saturated carbocycles. The summed E-state index contributed by atoms with van der Waals surface area (Å²) in [6, 6.07) is 21.6. The number of hydrogen-bond donors (Lipinski definition) is 0. The number of hydrogen-bond acceptors (Lipinski definition) is 4. The fraction of sp³-hybridized carbons (Fsp3) is 0.379. The van der Waals surface area contributed by atoms with E-state index >= 15 is 0 Å². The number of rotatable bonds is 4. The van der Waals surface area contributed by atoms with Crippen LogP contribution in [0.25, 0.3) is 0 Å². The number of amides is 2. The lowest BCUT2D eigenvalue weighted by molar-refractivity contribution is -0.133. The van der Waals surface area contributed by atoms with Gasteiger partial charge in [0.2, 0.25) is 5.91 Å². The molecule has 184 valence electrons. The average Bonchev–Trinajstić information content (AvgIpc) is 3.39. The molecule has 35 heavy (non-hydrogen) atoms. The summed E-state index contributed by atoms with van der Waals surface area (Å²) in [6.45, 7) is 1.76. The second kappa shape index (κ2) is 12.5. The van der Waals surface area contributed by atoms with Crippen molar-refractivity contribution in [3.05, 3.63) is 88.1 Å². The molecule has 3 aromatic rings. The van der Waals surface area contributed by atoms with Crippen LogP contribution in [0.2, 0.25) is 0 Å². The first-order valence-electron chi connectivity index (χ1n) is 12.4. The van der Waals surface area contributed by atoms with Crippen molar-refractivity contribution in [1.29, 1.82) is 0 Å². The van der Waals surface area contributed by atoms with Crippen molar-refractivity contribution in [3.63, 3.8) is 0 Å². The predicted octanol–water partition coefficient (Wildman–Crippen LogP) is 5.46. The zero-order chi connectivity index (χ0) is 24.5.